The van der Waals surface area contributed by atoms with Gasteiger partial charge in [0.25, 0.3) is 0 Å². The van der Waals surface area contributed by atoms with E-state index >= 15 is 0 Å². The normalized spacial score (nSPS) is 14.4. The number of hydrogen-bond donors (Lipinski definition) is 0. The summed E-state index contributed by atoms with van der Waals surface area (Å²) in [7, 11) is 0. The summed E-state index contributed by atoms with van der Waals surface area (Å²) in [5.41, 5.74) is 4.71. The van der Waals surface area contributed by atoms with Crippen LogP contribution in [0.25, 0.3) is 0 Å². The van der Waals surface area contributed by atoms with Crippen molar-refractivity contribution in [1.29, 1.82) is 0 Å². The van der Waals surface area contributed by atoms with Crippen molar-refractivity contribution in [2.45, 2.75) is 26.8 Å². The molecule has 0 aromatic carbocycles. The fourth-order valence-electron chi connectivity index (χ4n) is 2.32. The predicted octanol–water partition coefficient (Wildman–Crippen LogP) is 2.05. The van der Waals surface area contributed by atoms with Gasteiger partial charge in [0.05, 0.1) is 5.69 Å². The number of aryl methyl sites for hydroxylation is 2. The fourth-order valence-corrected chi connectivity index (χ4v) is 2.32. The number of fused-ring (bicyclic) bond motifs is 1. The lowest BCUT2D eigenvalue weighted by Gasteiger charge is -2.29. The standard InChI is InChI=1S/C14H16N4/c1-10-3-4-14(15-7-10)18-6-5-13-12(8-18)11(2)16-9-17-13/h3-4,7,9H,5-6,8H2,1-2H3. The quantitative estimate of drug-likeness (QED) is 0.765. The van der Waals surface area contributed by atoms with Crippen LogP contribution in [-0.4, -0.2) is 21.5 Å². The van der Waals surface area contributed by atoms with Gasteiger partial charge in [-0.3, -0.25) is 0 Å². The van der Waals surface area contributed by atoms with E-state index in [1.165, 1.54) is 16.8 Å². The molecule has 1 aliphatic heterocycles. The van der Waals surface area contributed by atoms with Crippen molar-refractivity contribution in [3.8, 4) is 0 Å². The Kier molecular flexibility index (Phi) is 2.70. The van der Waals surface area contributed by atoms with Gasteiger partial charge in [0.2, 0.25) is 0 Å². The van der Waals surface area contributed by atoms with Gasteiger partial charge in [0.15, 0.2) is 0 Å². The smallest absolute Gasteiger partial charge is 0.128 e. The second-order valence-electron chi connectivity index (χ2n) is 4.75. The lowest BCUT2D eigenvalue weighted by molar-refractivity contribution is 0.689. The van der Waals surface area contributed by atoms with Crippen LogP contribution in [0.2, 0.25) is 0 Å². The molecule has 4 heteroatoms. The summed E-state index contributed by atoms with van der Waals surface area (Å²) >= 11 is 0. The minimum absolute atomic E-state index is 0.859. The van der Waals surface area contributed by atoms with E-state index in [1.807, 2.05) is 13.1 Å². The van der Waals surface area contributed by atoms with Crippen LogP contribution in [0, 0.1) is 13.8 Å². The maximum atomic E-state index is 4.49. The van der Waals surface area contributed by atoms with E-state index in [-0.39, 0.29) is 0 Å². The molecule has 2 aromatic rings. The molecule has 18 heavy (non-hydrogen) atoms. The molecule has 0 bridgehead atoms. The van der Waals surface area contributed by atoms with Crippen molar-refractivity contribution in [2.75, 3.05) is 11.4 Å². The Morgan fingerprint density at radius 3 is 2.78 bits per heavy atom. The Hall–Kier alpha value is -1.97. The molecule has 0 amide bonds. The van der Waals surface area contributed by atoms with Gasteiger partial charge in [-0.1, -0.05) is 6.07 Å². The summed E-state index contributed by atoms with van der Waals surface area (Å²) in [6, 6.07) is 4.19. The van der Waals surface area contributed by atoms with Gasteiger partial charge >= 0.3 is 0 Å². The van der Waals surface area contributed by atoms with Gasteiger partial charge in [0.1, 0.15) is 12.1 Å². The number of rotatable bonds is 1. The Balaban J connectivity index is 1.90. The summed E-state index contributed by atoms with van der Waals surface area (Å²) in [6.07, 6.45) is 4.54. The van der Waals surface area contributed by atoms with Gasteiger partial charge in [0, 0.05) is 37.0 Å². The van der Waals surface area contributed by atoms with E-state index in [1.54, 1.807) is 6.33 Å². The molecule has 0 fully saturated rings. The minimum atomic E-state index is 0.859. The van der Waals surface area contributed by atoms with E-state index < -0.39 is 0 Å². The third kappa shape index (κ3) is 1.94. The highest BCUT2D eigenvalue weighted by Crippen LogP contribution is 2.23. The zero-order valence-electron chi connectivity index (χ0n) is 10.7. The molecule has 0 saturated heterocycles. The summed E-state index contributed by atoms with van der Waals surface area (Å²) in [5, 5.41) is 0. The van der Waals surface area contributed by atoms with E-state index in [2.05, 4.69) is 38.9 Å². The third-order valence-corrected chi connectivity index (χ3v) is 3.44. The number of pyridine rings is 1. The predicted molar refractivity (Wildman–Crippen MR) is 70.5 cm³/mol. The second kappa shape index (κ2) is 4.37. The largest absolute Gasteiger partial charge is 0.352 e. The Morgan fingerprint density at radius 2 is 2.00 bits per heavy atom. The van der Waals surface area contributed by atoms with Gasteiger partial charge in [-0.25, -0.2) is 15.0 Å². The van der Waals surface area contributed by atoms with Gasteiger partial charge in [-0.15, -0.1) is 0 Å². The highest BCUT2D eigenvalue weighted by molar-refractivity contribution is 5.43. The summed E-state index contributed by atoms with van der Waals surface area (Å²) in [6.45, 7) is 5.93. The van der Waals surface area contributed by atoms with Crippen LogP contribution < -0.4 is 4.90 Å². The van der Waals surface area contributed by atoms with Crippen LogP contribution in [-0.2, 0) is 13.0 Å². The molecule has 0 spiro atoms. The Morgan fingerprint density at radius 1 is 1.11 bits per heavy atom. The van der Waals surface area contributed by atoms with Crippen molar-refractivity contribution < 1.29 is 0 Å². The Labute approximate surface area is 107 Å². The van der Waals surface area contributed by atoms with Gasteiger partial charge < -0.3 is 4.90 Å². The monoisotopic (exact) mass is 240 g/mol. The highest BCUT2D eigenvalue weighted by Gasteiger charge is 2.20. The number of anilines is 1. The molecule has 2 aromatic heterocycles. The third-order valence-electron chi connectivity index (χ3n) is 3.44. The zero-order chi connectivity index (χ0) is 12.5. The molecule has 0 atom stereocenters. The molecule has 0 radical (unpaired) electrons. The van der Waals surface area contributed by atoms with E-state index in [9.17, 15) is 0 Å². The maximum Gasteiger partial charge on any atom is 0.128 e. The van der Waals surface area contributed by atoms with Crippen LogP contribution >= 0.6 is 0 Å². The van der Waals surface area contributed by atoms with Crippen molar-refractivity contribution in [3.05, 3.63) is 47.2 Å². The summed E-state index contributed by atoms with van der Waals surface area (Å²) in [5.74, 6) is 1.04. The Bertz CT molecular complexity index is 563. The molecule has 3 rings (SSSR count). The molecule has 0 aliphatic carbocycles. The average molecular weight is 240 g/mol. The van der Waals surface area contributed by atoms with Crippen LogP contribution in [0.5, 0.6) is 0 Å². The molecule has 0 N–H and O–H groups in total. The van der Waals surface area contributed by atoms with Crippen molar-refractivity contribution in [1.82, 2.24) is 15.0 Å². The number of nitrogens with zero attached hydrogens (tertiary/aromatic N) is 4. The SMILES string of the molecule is Cc1ccc(N2CCc3ncnc(C)c3C2)nc1. The molecule has 0 saturated carbocycles. The highest BCUT2D eigenvalue weighted by atomic mass is 15.2. The zero-order valence-corrected chi connectivity index (χ0v) is 10.7. The molecule has 3 heterocycles. The maximum absolute atomic E-state index is 4.49. The van der Waals surface area contributed by atoms with E-state index in [4.69, 9.17) is 0 Å². The minimum Gasteiger partial charge on any atom is -0.352 e. The van der Waals surface area contributed by atoms with Crippen molar-refractivity contribution in [3.63, 3.8) is 0 Å². The molecule has 0 unspecified atom stereocenters. The fraction of sp³-hybridized carbons (Fsp3) is 0.357. The van der Waals surface area contributed by atoms with Crippen LogP contribution in [0.4, 0.5) is 5.82 Å². The first-order valence-corrected chi connectivity index (χ1v) is 6.21. The van der Waals surface area contributed by atoms with Gasteiger partial charge in [-0.05, 0) is 25.5 Å². The first kappa shape index (κ1) is 11.1. The topological polar surface area (TPSA) is 41.9 Å². The van der Waals surface area contributed by atoms with Gasteiger partial charge in [-0.2, -0.15) is 0 Å². The second-order valence-corrected chi connectivity index (χ2v) is 4.75. The van der Waals surface area contributed by atoms with E-state index in [0.29, 0.717) is 0 Å². The molecule has 92 valence electrons. The first-order chi connectivity index (χ1) is 8.74. The van der Waals surface area contributed by atoms with Crippen LogP contribution in [0.1, 0.15) is 22.5 Å². The lowest BCUT2D eigenvalue weighted by atomic mass is 10.0. The van der Waals surface area contributed by atoms with E-state index in [0.717, 1.165) is 31.0 Å². The molecular formula is C14H16N4. The summed E-state index contributed by atoms with van der Waals surface area (Å²) < 4.78 is 0. The average Bonchev–Trinajstić information content (AvgIpc) is 2.40. The number of hydrogen-bond acceptors (Lipinski definition) is 4. The van der Waals surface area contributed by atoms with Crippen LogP contribution in [0.15, 0.2) is 24.7 Å². The molecule has 1 aliphatic rings. The summed E-state index contributed by atoms with van der Waals surface area (Å²) in [4.78, 5) is 15.4. The number of aromatic nitrogens is 3. The van der Waals surface area contributed by atoms with Crippen LogP contribution in [0.3, 0.4) is 0 Å². The first-order valence-electron chi connectivity index (χ1n) is 6.21. The molecular weight excluding hydrogens is 224 g/mol. The molecule has 4 nitrogen and oxygen atoms in total. The van der Waals surface area contributed by atoms with Crippen molar-refractivity contribution in [2.24, 2.45) is 0 Å². The van der Waals surface area contributed by atoms with Crippen molar-refractivity contribution >= 4 is 5.82 Å². The lowest BCUT2D eigenvalue weighted by Crippen LogP contribution is -2.32.